The Morgan fingerprint density at radius 3 is 2.60 bits per heavy atom. The summed E-state index contributed by atoms with van der Waals surface area (Å²) in [6.45, 7) is 1.80. The number of Topliss-reactive ketones (excluding diaryl/α,β-unsaturated/α-hetero) is 1. The van der Waals surface area contributed by atoms with Crippen molar-refractivity contribution in [1.29, 1.82) is 0 Å². The van der Waals surface area contributed by atoms with Crippen LogP contribution < -0.4 is 5.32 Å². The molecule has 0 aromatic heterocycles. The lowest BCUT2D eigenvalue weighted by atomic mass is 10.0. The molecule has 80 valence electrons. The van der Waals surface area contributed by atoms with E-state index in [-0.39, 0.29) is 5.78 Å². The zero-order chi connectivity index (χ0) is 11.1. The van der Waals surface area contributed by atoms with Crippen molar-refractivity contribution in [3.05, 3.63) is 35.9 Å². The second-order valence-electron chi connectivity index (χ2n) is 3.35. The van der Waals surface area contributed by atoms with Crippen molar-refractivity contribution in [2.45, 2.75) is 25.8 Å². The molecule has 15 heavy (non-hydrogen) atoms. The fourth-order valence-corrected chi connectivity index (χ4v) is 1.44. The number of nitrogens with one attached hydrogen (secondary N) is 1. The topological polar surface area (TPSA) is 46.2 Å². The van der Waals surface area contributed by atoms with Crippen molar-refractivity contribution < 1.29 is 9.59 Å². The zero-order valence-corrected chi connectivity index (χ0v) is 8.77. The normalized spacial score (nSPS) is 11.8. The Labute approximate surface area is 89.5 Å². The highest BCUT2D eigenvalue weighted by atomic mass is 16.1. The molecule has 1 atom stereocenters. The largest absolute Gasteiger partial charge is 0.349 e. The van der Waals surface area contributed by atoms with E-state index < -0.39 is 6.04 Å². The molecule has 1 unspecified atom stereocenters. The molecule has 0 aliphatic rings. The van der Waals surface area contributed by atoms with E-state index in [2.05, 4.69) is 5.32 Å². The molecule has 0 heterocycles. The predicted molar refractivity (Wildman–Crippen MR) is 58.4 cm³/mol. The van der Waals surface area contributed by atoms with Crippen molar-refractivity contribution in [3.63, 3.8) is 0 Å². The van der Waals surface area contributed by atoms with Gasteiger partial charge in [0.05, 0.1) is 6.04 Å². The molecule has 1 N–H and O–H groups in total. The van der Waals surface area contributed by atoms with Gasteiger partial charge in [-0.3, -0.25) is 9.59 Å². The molecule has 0 spiro atoms. The van der Waals surface area contributed by atoms with Crippen LogP contribution in [-0.2, 0) is 16.0 Å². The van der Waals surface area contributed by atoms with E-state index in [1.807, 2.05) is 30.3 Å². The van der Waals surface area contributed by atoms with Gasteiger partial charge in [-0.2, -0.15) is 0 Å². The number of ketones is 1. The molecule has 1 aromatic carbocycles. The van der Waals surface area contributed by atoms with Crippen LogP contribution in [0.25, 0.3) is 0 Å². The van der Waals surface area contributed by atoms with Crippen molar-refractivity contribution >= 4 is 12.2 Å². The third-order valence-electron chi connectivity index (χ3n) is 2.29. The van der Waals surface area contributed by atoms with E-state index in [4.69, 9.17) is 0 Å². The van der Waals surface area contributed by atoms with Gasteiger partial charge in [0, 0.05) is 6.42 Å². The van der Waals surface area contributed by atoms with Crippen molar-refractivity contribution in [2.24, 2.45) is 0 Å². The van der Waals surface area contributed by atoms with Crippen LogP contribution in [0.5, 0.6) is 0 Å². The van der Waals surface area contributed by atoms with E-state index >= 15 is 0 Å². The van der Waals surface area contributed by atoms with Gasteiger partial charge in [0.2, 0.25) is 6.41 Å². The molecule has 0 fully saturated rings. The molecule has 0 saturated heterocycles. The first kappa shape index (κ1) is 11.4. The molecular formula is C12H15NO2. The Morgan fingerprint density at radius 2 is 2.07 bits per heavy atom. The molecule has 0 bridgehead atoms. The number of benzene rings is 1. The summed E-state index contributed by atoms with van der Waals surface area (Å²) in [5.74, 6) is 0.0611. The van der Waals surface area contributed by atoms with Crippen LogP contribution >= 0.6 is 0 Å². The first-order valence-electron chi connectivity index (χ1n) is 5.04. The van der Waals surface area contributed by atoms with Crippen LogP contribution in [0, 0.1) is 0 Å². The summed E-state index contributed by atoms with van der Waals surface area (Å²) in [5, 5.41) is 2.55. The Morgan fingerprint density at radius 1 is 1.40 bits per heavy atom. The molecule has 3 nitrogen and oxygen atoms in total. The van der Waals surface area contributed by atoms with Gasteiger partial charge in [0.15, 0.2) is 5.78 Å². The van der Waals surface area contributed by atoms with Gasteiger partial charge in [0.1, 0.15) is 0 Å². The smallest absolute Gasteiger partial charge is 0.207 e. The average Bonchev–Trinajstić information content (AvgIpc) is 2.29. The monoisotopic (exact) mass is 205 g/mol. The highest BCUT2D eigenvalue weighted by Gasteiger charge is 2.15. The summed E-state index contributed by atoms with van der Waals surface area (Å²) >= 11 is 0. The van der Waals surface area contributed by atoms with E-state index in [0.29, 0.717) is 19.3 Å². The minimum Gasteiger partial charge on any atom is -0.349 e. The zero-order valence-electron chi connectivity index (χ0n) is 8.77. The average molecular weight is 205 g/mol. The summed E-state index contributed by atoms with van der Waals surface area (Å²) < 4.78 is 0. The molecule has 0 radical (unpaired) electrons. The van der Waals surface area contributed by atoms with E-state index in [9.17, 15) is 9.59 Å². The first-order valence-corrected chi connectivity index (χ1v) is 5.04. The second-order valence-corrected chi connectivity index (χ2v) is 3.35. The third kappa shape index (κ3) is 3.54. The SMILES string of the molecule is CCC(=O)C(Cc1ccccc1)NC=O. The highest BCUT2D eigenvalue weighted by molar-refractivity contribution is 5.85. The van der Waals surface area contributed by atoms with Gasteiger partial charge >= 0.3 is 0 Å². The van der Waals surface area contributed by atoms with Crippen molar-refractivity contribution in [2.75, 3.05) is 0 Å². The predicted octanol–water partition coefficient (Wildman–Crippen LogP) is 1.32. The van der Waals surface area contributed by atoms with Crippen LogP contribution in [0.3, 0.4) is 0 Å². The highest BCUT2D eigenvalue weighted by Crippen LogP contribution is 2.04. The quantitative estimate of drug-likeness (QED) is 0.712. The van der Waals surface area contributed by atoms with Crippen LogP contribution in [-0.4, -0.2) is 18.2 Å². The van der Waals surface area contributed by atoms with Crippen LogP contribution in [0.2, 0.25) is 0 Å². The number of carbonyl (C=O) groups is 2. The number of rotatable bonds is 6. The second kappa shape index (κ2) is 5.96. The third-order valence-corrected chi connectivity index (χ3v) is 2.29. The van der Waals surface area contributed by atoms with Crippen LogP contribution in [0.4, 0.5) is 0 Å². The maximum atomic E-state index is 11.5. The first-order chi connectivity index (χ1) is 7.27. The fraction of sp³-hybridized carbons (Fsp3) is 0.333. The minimum absolute atomic E-state index is 0.0611. The maximum absolute atomic E-state index is 11.5. The molecule has 3 heteroatoms. The van der Waals surface area contributed by atoms with Gasteiger partial charge in [-0.1, -0.05) is 37.3 Å². The van der Waals surface area contributed by atoms with Crippen molar-refractivity contribution in [3.8, 4) is 0 Å². The lowest BCUT2D eigenvalue weighted by Gasteiger charge is -2.13. The summed E-state index contributed by atoms with van der Waals surface area (Å²) in [6.07, 6.45) is 1.59. The standard InChI is InChI=1S/C12H15NO2/c1-2-12(15)11(13-9-14)8-10-6-4-3-5-7-10/h3-7,9,11H,2,8H2,1H3,(H,13,14). The van der Waals surface area contributed by atoms with Gasteiger partial charge in [-0.05, 0) is 12.0 Å². The van der Waals surface area contributed by atoms with E-state index in [0.717, 1.165) is 5.56 Å². The molecule has 0 aliphatic carbocycles. The Balaban J connectivity index is 2.66. The Kier molecular flexibility index (Phi) is 4.54. The lowest BCUT2D eigenvalue weighted by molar-refractivity contribution is -0.123. The summed E-state index contributed by atoms with van der Waals surface area (Å²) in [5.41, 5.74) is 1.05. The number of hydrogen-bond acceptors (Lipinski definition) is 2. The Hall–Kier alpha value is -1.64. The van der Waals surface area contributed by atoms with Gasteiger partial charge in [0.25, 0.3) is 0 Å². The number of hydrogen-bond donors (Lipinski definition) is 1. The van der Waals surface area contributed by atoms with Crippen molar-refractivity contribution in [1.82, 2.24) is 5.32 Å². The van der Waals surface area contributed by atoms with Crippen LogP contribution in [0.15, 0.2) is 30.3 Å². The summed E-state index contributed by atoms with van der Waals surface area (Å²) in [7, 11) is 0. The van der Waals surface area contributed by atoms with Crippen LogP contribution in [0.1, 0.15) is 18.9 Å². The molecule has 0 aliphatic heterocycles. The number of carbonyl (C=O) groups excluding carboxylic acids is 2. The lowest BCUT2D eigenvalue weighted by Crippen LogP contribution is -2.37. The fourth-order valence-electron chi connectivity index (χ4n) is 1.44. The molecule has 1 amide bonds. The molecular weight excluding hydrogens is 190 g/mol. The Bertz CT molecular complexity index is 322. The molecule has 0 saturated carbocycles. The summed E-state index contributed by atoms with van der Waals surface area (Å²) in [4.78, 5) is 21.8. The molecule has 1 aromatic rings. The van der Waals surface area contributed by atoms with Gasteiger partial charge in [-0.25, -0.2) is 0 Å². The maximum Gasteiger partial charge on any atom is 0.207 e. The van der Waals surface area contributed by atoms with Gasteiger partial charge in [-0.15, -0.1) is 0 Å². The van der Waals surface area contributed by atoms with E-state index in [1.165, 1.54) is 0 Å². The minimum atomic E-state index is -0.394. The summed E-state index contributed by atoms with van der Waals surface area (Å²) in [6, 6.07) is 9.26. The number of amides is 1. The van der Waals surface area contributed by atoms with E-state index in [1.54, 1.807) is 6.92 Å². The molecule has 1 rings (SSSR count). The van der Waals surface area contributed by atoms with Gasteiger partial charge < -0.3 is 5.32 Å².